The number of hydrogen-bond acceptors (Lipinski definition) is 4. The first-order chi connectivity index (χ1) is 9.58. The fourth-order valence-corrected chi connectivity index (χ4v) is 3.09. The van der Waals surface area contributed by atoms with Crippen LogP contribution in [0.5, 0.6) is 5.75 Å². The third-order valence-corrected chi connectivity index (χ3v) is 4.49. The van der Waals surface area contributed by atoms with Crippen molar-refractivity contribution in [2.24, 2.45) is 5.41 Å². The summed E-state index contributed by atoms with van der Waals surface area (Å²) in [5.41, 5.74) is 0.0210. The Balaban J connectivity index is 2.84. The predicted molar refractivity (Wildman–Crippen MR) is 82.4 cm³/mol. The van der Waals surface area contributed by atoms with Gasteiger partial charge < -0.3 is 14.9 Å². The normalized spacial score (nSPS) is 11.3. The molecule has 0 atom stereocenters. The molecule has 0 aromatic carbocycles. The van der Waals surface area contributed by atoms with Crippen LogP contribution in [0.2, 0.25) is 0 Å². The fourth-order valence-electron chi connectivity index (χ4n) is 2.37. The van der Waals surface area contributed by atoms with Crippen LogP contribution in [-0.2, 0) is 0 Å². The molecule has 0 N–H and O–H groups in total. The van der Waals surface area contributed by atoms with E-state index in [9.17, 15) is 10.1 Å². The van der Waals surface area contributed by atoms with Crippen LogP contribution in [0.1, 0.15) is 39.5 Å². The van der Waals surface area contributed by atoms with E-state index in [1.54, 1.807) is 12.1 Å². The third-order valence-electron chi connectivity index (χ3n) is 3.30. The van der Waals surface area contributed by atoms with Crippen molar-refractivity contribution < 1.29 is 9.66 Å². The highest BCUT2D eigenvalue weighted by molar-refractivity contribution is 9.09. The number of nitrogens with zero attached hydrogens (tertiary/aromatic N) is 2. The second kappa shape index (κ2) is 8.19. The van der Waals surface area contributed by atoms with Crippen molar-refractivity contribution in [1.82, 2.24) is 4.98 Å². The number of rotatable bonds is 9. The standard InChI is InChI=1S/C14H21BrN2O3/c1-3-7-14(10-15,8-4-2)11-20-12-6-5-9-16-13(12)17(18)19/h5-6,9H,3-4,7-8,10-11H2,1-2H3. The number of nitro groups is 1. The first-order valence-electron chi connectivity index (χ1n) is 6.86. The molecular weight excluding hydrogens is 324 g/mol. The second-order valence-corrected chi connectivity index (χ2v) is 5.57. The van der Waals surface area contributed by atoms with E-state index < -0.39 is 4.92 Å². The lowest BCUT2D eigenvalue weighted by atomic mass is 9.82. The summed E-state index contributed by atoms with van der Waals surface area (Å²) in [6.07, 6.45) is 5.58. The average molecular weight is 345 g/mol. The van der Waals surface area contributed by atoms with Gasteiger partial charge in [0.15, 0.2) is 0 Å². The van der Waals surface area contributed by atoms with Crippen LogP contribution >= 0.6 is 15.9 Å². The Morgan fingerprint density at radius 2 is 2.05 bits per heavy atom. The highest BCUT2D eigenvalue weighted by atomic mass is 79.9. The Morgan fingerprint density at radius 3 is 2.55 bits per heavy atom. The van der Waals surface area contributed by atoms with Gasteiger partial charge in [-0.25, -0.2) is 0 Å². The molecule has 0 aliphatic heterocycles. The van der Waals surface area contributed by atoms with Gasteiger partial charge in [0, 0.05) is 10.7 Å². The fraction of sp³-hybridized carbons (Fsp3) is 0.643. The van der Waals surface area contributed by atoms with Crippen LogP contribution < -0.4 is 4.74 Å². The summed E-state index contributed by atoms with van der Waals surface area (Å²) in [5.74, 6) is 0.0269. The molecule has 0 saturated heterocycles. The first kappa shape index (κ1) is 16.9. The zero-order chi connectivity index (χ0) is 15.0. The average Bonchev–Trinajstić information content (AvgIpc) is 2.45. The molecule has 0 bridgehead atoms. The summed E-state index contributed by atoms with van der Waals surface area (Å²) in [7, 11) is 0. The molecule has 1 aromatic rings. The van der Waals surface area contributed by atoms with Gasteiger partial charge >= 0.3 is 5.82 Å². The minimum atomic E-state index is -0.509. The van der Waals surface area contributed by atoms with E-state index in [1.165, 1.54) is 6.20 Å². The van der Waals surface area contributed by atoms with Crippen LogP contribution in [0.15, 0.2) is 18.3 Å². The Morgan fingerprint density at radius 1 is 1.40 bits per heavy atom. The van der Waals surface area contributed by atoms with E-state index in [-0.39, 0.29) is 17.0 Å². The molecule has 5 nitrogen and oxygen atoms in total. The second-order valence-electron chi connectivity index (χ2n) is 5.00. The third kappa shape index (κ3) is 4.44. The van der Waals surface area contributed by atoms with Gasteiger partial charge in [-0.15, -0.1) is 0 Å². The highest BCUT2D eigenvalue weighted by Gasteiger charge is 2.29. The van der Waals surface area contributed by atoms with Crippen molar-refractivity contribution in [1.29, 1.82) is 0 Å². The molecule has 1 heterocycles. The van der Waals surface area contributed by atoms with Crippen LogP contribution in [0, 0.1) is 15.5 Å². The molecule has 0 radical (unpaired) electrons. The monoisotopic (exact) mass is 344 g/mol. The first-order valence-corrected chi connectivity index (χ1v) is 7.99. The predicted octanol–water partition coefficient (Wildman–Crippen LogP) is 4.35. The van der Waals surface area contributed by atoms with E-state index in [0.29, 0.717) is 6.61 Å². The quantitative estimate of drug-likeness (QED) is 0.379. The number of aromatic nitrogens is 1. The van der Waals surface area contributed by atoms with Crippen LogP contribution in [-0.4, -0.2) is 21.8 Å². The van der Waals surface area contributed by atoms with Crippen molar-refractivity contribution in [2.45, 2.75) is 39.5 Å². The van der Waals surface area contributed by atoms with Crippen LogP contribution in [0.3, 0.4) is 0 Å². The van der Waals surface area contributed by atoms with E-state index in [1.807, 2.05) is 0 Å². The number of pyridine rings is 1. The molecule has 0 amide bonds. The lowest BCUT2D eigenvalue weighted by molar-refractivity contribution is -0.390. The van der Waals surface area contributed by atoms with Crippen LogP contribution in [0.4, 0.5) is 5.82 Å². The summed E-state index contributed by atoms with van der Waals surface area (Å²) in [5, 5.41) is 11.8. The van der Waals surface area contributed by atoms with Crippen molar-refractivity contribution in [3.8, 4) is 5.75 Å². The topological polar surface area (TPSA) is 65.3 Å². The van der Waals surface area contributed by atoms with Crippen LogP contribution in [0.25, 0.3) is 0 Å². The molecule has 0 unspecified atom stereocenters. The summed E-state index contributed by atoms with van der Waals surface area (Å²) in [6.45, 7) is 4.74. The van der Waals surface area contributed by atoms with Gasteiger partial charge in [0.05, 0.1) is 6.61 Å². The Kier molecular flexibility index (Phi) is 6.91. The van der Waals surface area contributed by atoms with E-state index in [2.05, 4.69) is 34.8 Å². The molecule has 20 heavy (non-hydrogen) atoms. The summed E-state index contributed by atoms with van der Waals surface area (Å²) in [4.78, 5) is 14.2. The number of hydrogen-bond donors (Lipinski definition) is 0. The van der Waals surface area contributed by atoms with Crippen molar-refractivity contribution >= 4 is 21.7 Å². The molecule has 0 saturated carbocycles. The van der Waals surface area contributed by atoms with Gasteiger partial charge in [-0.1, -0.05) is 42.6 Å². The lowest BCUT2D eigenvalue weighted by Crippen LogP contribution is -2.30. The summed E-state index contributed by atoms with van der Waals surface area (Å²) >= 11 is 3.57. The van der Waals surface area contributed by atoms with E-state index in [4.69, 9.17) is 4.74 Å². The molecule has 0 aliphatic rings. The molecule has 1 rings (SSSR count). The van der Waals surface area contributed by atoms with Gasteiger partial charge in [0.25, 0.3) is 0 Å². The maximum atomic E-state index is 10.9. The summed E-state index contributed by atoms with van der Waals surface area (Å²) < 4.78 is 5.73. The minimum Gasteiger partial charge on any atom is -0.485 e. The Bertz CT molecular complexity index is 434. The van der Waals surface area contributed by atoms with E-state index >= 15 is 0 Å². The van der Waals surface area contributed by atoms with Gasteiger partial charge in [0.2, 0.25) is 5.75 Å². The van der Waals surface area contributed by atoms with Crippen molar-refractivity contribution in [3.63, 3.8) is 0 Å². The maximum Gasteiger partial charge on any atom is 0.406 e. The number of halogens is 1. The molecule has 0 fully saturated rings. The molecule has 0 spiro atoms. The lowest BCUT2D eigenvalue weighted by Gasteiger charge is -2.31. The SMILES string of the molecule is CCCC(CBr)(CCC)COc1cccnc1[N+](=O)[O-]. The van der Waals surface area contributed by atoms with Crippen molar-refractivity contribution in [3.05, 3.63) is 28.4 Å². The van der Waals surface area contributed by atoms with Crippen molar-refractivity contribution in [2.75, 3.05) is 11.9 Å². The Hall–Kier alpha value is -1.17. The highest BCUT2D eigenvalue weighted by Crippen LogP contribution is 2.34. The molecule has 1 aromatic heterocycles. The zero-order valence-corrected chi connectivity index (χ0v) is 13.6. The smallest absolute Gasteiger partial charge is 0.406 e. The molecule has 6 heteroatoms. The maximum absolute atomic E-state index is 10.9. The molecule has 112 valence electrons. The van der Waals surface area contributed by atoms with Gasteiger partial charge in [0.1, 0.15) is 6.20 Å². The van der Waals surface area contributed by atoms with Gasteiger partial charge in [-0.2, -0.15) is 0 Å². The number of alkyl halides is 1. The Labute approximate surface area is 128 Å². The largest absolute Gasteiger partial charge is 0.485 e. The molecule has 0 aliphatic carbocycles. The number of ether oxygens (including phenoxy) is 1. The van der Waals surface area contributed by atoms with Gasteiger partial charge in [-0.3, -0.25) is 0 Å². The zero-order valence-electron chi connectivity index (χ0n) is 12.0. The molecular formula is C14H21BrN2O3. The summed E-state index contributed by atoms with van der Waals surface area (Å²) in [6, 6.07) is 3.25. The van der Waals surface area contributed by atoms with E-state index in [0.717, 1.165) is 31.0 Å². The van der Waals surface area contributed by atoms with Gasteiger partial charge in [-0.05, 0) is 34.9 Å². The minimum absolute atomic E-state index is 0.0210.